The Kier molecular flexibility index (Phi) is 10.4. The van der Waals surface area contributed by atoms with E-state index in [1.165, 1.54) is 30.3 Å². The number of carbonyl (C=O) groups excluding carboxylic acids is 1. The first-order valence-electron chi connectivity index (χ1n) is 13.3. The summed E-state index contributed by atoms with van der Waals surface area (Å²) in [6.45, 7) is -3.27. The molecule has 0 aromatic heterocycles. The minimum Gasteiger partial charge on any atom is -0.507 e. The molecule has 0 saturated heterocycles. The van der Waals surface area contributed by atoms with Crippen LogP contribution in [0.2, 0.25) is 0 Å². The number of fused-ring (bicyclic) bond motifs is 6. The van der Waals surface area contributed by atoms with Gasteiger partial charge in [0.2, 0.25) is 0 Å². The zero-order valence-corrected chi connectivity index (χ0v) is 26.1. The second-order valence-electron chi connectivity index (χ2n) is 10.5. The molecule has 3 aromatic rings. The Labute approximate surface area is 300 Å². The second kappa shape index (κ2) is 13.7. The van der Waals surface area contributed by atoms with Crippen molar-refractivity contribution in [3.05, 3.63) is 81.9 Å². The summed E-state index contributed by atoms with van der Waals surface area (Å²) in [5, 5.41) is 59.0. The van der Waals surface area contributed by atoms with Crippen LogP contribution in [-0.2, 0) is 42.6 Å². The molecule has 1 spiro atoms. The molecule has 6 N–H and O–H groups in total. The monoisotopic (exact) mass is 775 g/mol. The quantitative estimate of drug-likeness (QED) is 0.144. The van der Waals surface area contributed by atoms with Crippen LogP contribution in [0.5, 0.6) is 23.0 Å². The van der Waals surface area contributed by atoms with Gasteiger partial charge < -0.3 is 40.1 Å². The van der Waals surface area contributed by atoms with Crippen molar-refractivity contribution in [1.29, 1.82) is 0 Å². The van der Waals surface area contributed by atoms with Gasteiger partial charge >= 0.3 is 29.8 Å². The van der Waals surface area contributed by atoms with Crippen LogP contribution in [0.1, 0.15) is 38.2 Å². The van der Waals surface area contributed by atoms with Gasteiger partial charge in [-0.05, 0) is 18.2 Å². The van der Waals surface area contributed by atoms with Crippen molar-refractivity contribution in [3.63, 3.8) is 0 Å². The van der Waals surface area contributed by atoms with Gasteiger partial charge in [0.15, 0.2) is 5.60 Å². The molecule has 0 fully saturated rings. The first kappa shape index (κ1) is 34.8. The fourth-order valence-corrected chi connectivity index (χ4v) is 5.66. The van der Waals surface area contributed by atoms with Gasteiger partial charge in [-0.25, -0.2) is 4.79 Å². The zero-order valence-electron chi connectivity index (χ0n) is 23.7. The van der Waals surface area contributed by atoms with Gasteiger partial charge in [-0.1, -0.05) is 18.2 Å². The van der Waals surface area contributed by atoms with Crippen molar-refractivity contribution in [1.82, 2.24) is 9.80 Å². The Morgan fingerprint density at radius 2 is 1.07 bits per heavy atom. The number of nitrogens with zero attached hydrogens (tertiary/aromatic N) is 2. The van der Waals surface area contributed by atoms with E-state index in [2.05, 4.69) is 0 Å². The van der Waals surface area contributed by atoms with Gasteiger partial charge in [-0.2, -0.15) is 0 Å². The third-order valence-corrected chi connectivity index (χ3v) is 7.34. The van der Waals surface area contributed by atoms with E-state index in [0.29, 0.717) is 5.56 Å². The number of phenols is 2. The molecule has 2 heterocycles. The molecular weight excluding hydrogens is 748 g/mol. The van der Waals surface area contributed by atoms with Crippen LogP contribution in [-0.4, -0.2) is 96.5 Å². The molecule has 0 amide bonds. The summed E-state index contributed by atoms with van der Waals surface area (Å²) in [7, 11) is 0. The minimum absolute atomic E-state index is 0. The fraction of sp³-hybridized carbons (Fsp3) is 0.233. The Balaban J connectivity index is 0.00000480. The number of carboxylic acids is 4. The summed E-state index contributed by atoms with van der Waals surface area (Å²) < 4.78 is 12.1. The molecule has 0 bridgehead atoms. The first-order chi connectivity index (χ1) is 21.3. The normalized spacial score (nSPS) is 13.7. The summed E-state index contributed by atoms with van der Waals surface area (Å²) in [6, 6.07) is 11.7. The molecule has 2 aliphatic rings. The number of aromatic hydroxyl groups is 2. The van der Waals surface area contributed by atoms with E-state index in [0.717, 1.165) is 9.80 Å². The summed E-state index contributed by atoms with van der Waals surface area (Å²) >= 11 is 0. The van der Waals surface area contributed by atoms with Crippen molar-refractivity contribution in [2.24, 2.45) is 0 Å². The molecule has 0 unspecified atom stereocenters. The van der Waals surface area contributed by atoms with Crippen LogP contribution in [0, 0.1) is 49.4 Å². The van der Waals surface area contributed by atoms with E-state index in [1.807, 2.05) is 0 Å². The van der Waals surface area contributed by atoms with E-state index in [4.69, 9.17) is 9.47 Å². The number of ether oxygens (including phenoxy) is 2. The van der Waals surface area contributed by atoms with Crippen molar-refractivity contribution in [2.45, 2.75) is 18.7 Å². The third kappa shape index (κ3) is 6.85. The summed E-state index contributed by atoms with van der Waals surface area (Å²) in [4.78, 5) is 61.0. The topological polar surface area (TPSA) is 232 Å². The molecule has 2 aliphatic heterocycles. The predicted octanol–water partition coefficient (Wildman–Crippen LogP) is 1.61. The van der Waals surface area contributed by atoms with Gasteiger partial charge in [0, 0.05) is 102 Å². The van der Waals surface area contributed by atoms with Crippen LogP contribution >= 0.6 is 0 Å². The van der Waals surface area contributed by atoms with Crippen LogP contribution in [0.25, 0.3) is 0 Å². The molecule has 0 saturated carbocycles. The molecule has 241 valence electrons. The maximum absolute atomic E-state index is 13.3. The molecule has 1 radical (unpaired) electrons. The van der Waals surface area contributed by atoms with Crippen molar-refractivity contribution < 1.29 is 113 Å². The summed E-state index contributed by atoms with van der Waals surface area (Å²) in [5.41, 5.74) is -0.636. The van der Waals surface area contributed by atoms with Crippen LogP contribution in [0.3, 0.4) is 0 Å². The number of benzene rings is 3. The maximum atomic E-state index is 13.3. The number of rotatable bonds is 12. The van der Waals surface area contributed by atoms with Crippen molar-refractivity contribution in [2.75, 3.05) is 26.2 Å². The average molecular weight is 775 g/mol. The minimum atomic E-state index is -1.75. The molecule has 5 rings (SSSR count). The molecule has 0 atom stereocenters. The van der Waals surface area contributed by atoms with Crippen molar-refractivity contribution in [3.8, 4) is 23.0 Å². The van der Waals surface area contributed by atoms with Crippen LogP contribution < -0.4 is 4.74 Å². The number of hydrogen-bond donors (Lipinski definition) is 6. The fourth-order valence-electron chi connectivity index (χ4n) is 5.66. The molecule has 0 aliphatic carbocycles. The number of carbonyl (C=O) groups is 5. The van der Waals surface area contributed by atoms with E-state index < -0.39 is 61.6 Å². The Hall–Kier alpha value is -4.09. The Bertz CT molecular complexity index is 1630. The van der Waals surface area contributed by atoms with Gasteiger partial charge in [0.1, 0.15) is 23.0 Å². The number of aliphatic carboxylic acids is 4. The maximum Gasteiger partial charge on any atom is 0.340 e. The third-order valence-electron chi connectivity index (χ3n) is 7.34. The summed E-state index contributed by atoms with van der Waals surface area (Å²) in [6.07, 6.45) is 0. The smallest absolute Gasteiger partial charge is 0.340 e. The van der Waals surface area contributed by atoms with E-state index in [-0.39, 0.29) is 113 Å². The Morgan fingerprint density at radius 1 is 0.652 bits per heavy atom. The largest absolute Gasteiger partial charge is 0.507 e. The molecule has 15 nitrogen and oxygen atoms in total. The van der Waals surface area contributed by atoms with Gasteiger partial charge in [0.05, 0.1) is 31.7 Å². The Morgan fingerprint density at radius 3 is 1.48 bits per heavy atom. The zero-order chi connectivity index (χ0) is 32.6. The van der Waals surface area contributed by atoms with Gasteiger partial charge in [-0.15, -0.1) is 0 Å². The SMILES string of the molecule is O=C(O)CN(CC(=O)O)Cc1cc2c(cc1O)Oc1cc(O)c(CN(CC(=O)O)CC(=O)O)cc1C21OC(=O)c2ccccc21.[Eu]. The number of hydrogen-bond acceptors (Lipinski definition) is 11. The average Bonchev–Trinajstić information content (AvgIpc) is 3.22. The van der Waals surface area contributed by atoms with Crippen molar-refractivity contribution >= 4 is 29.8 Å². The predicted molar refractivity (Wildman–Crippen MR) is 149 cm³/mol. The number of carboxylic acid groups (broad SMARTS) is 4. The summed E-state index contributed by atoms with van der Waals surface area (Å²) in [5.74, 6) is -6.62. The standard InChI is InChI=1S/C30H26N2O13.Eu/c33-21-7-23-19(5-15(21)9-31(11-25(35)36)12-26(37)38)30(18-4-2-1-3-17(18)29(43)45-30)20-6-16(22(34)8-24(20)44-23)10-32(13-27(39)40)14-28(41)42;/h1-8,33-34H,9-14H2,(H,35,36)(H,37,38)(H,39,40)(H,41,42);. The molecule has 16 heteroatoms. The molecule has 3 aromatic carbocycles. The van der Waals surface area contributed by atoms with E-state index >= 15 is 0 Å². The molecular formula is C30H26EuN2O13. The van der Waals surface area contributed by atoms with E-state index in [1.54, 1.807) is 18.2 Å². The molecule has 46 heavy (non-hydrogen) atoms. The second-order valence-corrected chi connectivity index (χ2v) is 10.5. The van der Waals surface area contributed by atoms with Gasteiger partial charge in [-0.3, -0.25) is 29.0 Å². The van der Waals surface area contributed by atoms with Crippen LogP contribution in [0.4, 0.5) is 0 Å². The number of phenolic OH excluding ortho intramolecular Hbond substituents is 2. The first-order valence-corrected chi connectivity index (χ1v) is 13.3. The number of esters is 1. The van der Waals surface area contributed by atoms with E-state index in [9.17, 15) is 54.6 Å². The van der Waals surface area contributed by atoms with Crippen LogP contribution in [0.15, 0.2) is 48.5 Å². The van der Waals surface area contributed by atoms with Gasteiger partial charge in [0.25, 0.3) is 0 Å².